The van der Waals surface area contributed by atoms with E-state index < -0.39 is 11.9 Å². The minimum absolute atomic E-state index is 0.0517. The smallest absolute Gasteiger partial charge is 0.303 e. The molecule has 2 atom stereocenters. The number of hydrogen-bond donors (Lipinski definition) is 2. The van der Waals surface area contributed by atoms with E-state index in [4.69, 9.17) is 9.84 Å². The Morgan fingerprint density at radius 1 is 1.10 bits per heavy atom. The number of imide groups is 1. The lowest BCUT2D eigenvalue weighted by molar-refractivity contribution is -0.138. The second-order valence-electron chi connectivity index (χ2n) is 7.38. The summed E-state index contributed by atoms with van der Waals surface area (Å²) in [6.07, 6.45) is 2.34. The average Bonchev–Trinajstić information content (AvgIpc) is 2.92. The molecule has 2 unspecified atom stereocenters. The fourth-order valence-corrected chi connectivity index (χ4v) is 3.80. The fourth-order valence-electron chi connectivity index (χ4n) is 3.80. The minimum atomic E-state index is -0.870. The number of carbonyl (C=O) groups is 5. The molecule has 2 amide bonds. The molecule has 3 rings (SSSR count). The van der Waals surface area contributed by atoms with Gasteiger partial charge in [0.1, 0.15) is 5.75 Å². The van der Waals surface area contributed by atoms with E-state index in [1.54, 1.807) is 18.2 Å². The van der Waals surface area contributed by atoms with Gasteiger partial charge in [-0.25, -0.2) is 0 Å². The highest BCUT2D eigenvalue weighted by Gasteiger charge is 2.41. The Morgan fingerprint density at radius 3 is 2.62 bits per heavy atom. The van der Waals surface area contributed by atoms with Gasteiger partial charge in [-0.2, -0.15) is 0 Å². The van der Waals surface area contributed by atoms with Crippen molar-refractivity contribution in [2.45, 2.75) is 44.9 Å². The van der Waals surface area contributed by atoms with Gasteiger partial charge in [-0.15, -0.1) is 0 Å². The van der Waals surface area contributed by atoms with E-state index in [-0.39, 0.29) is 60.7 Å². The number of rotatable bonds is 9. The van der Waals surface area contributed by atoms with Crippen molar-refractivity contribution in [2.75, 3.05) is 6.61 Å². The lowest BCUT2D eigenvalue weighted by Crippen LogP contribution is -2.40. The molecule has 1 aromatic carbocycles. The maximum Gasteiger partial charge on any atom is 0.303 e. The summed E-state index contributed by atoms with van der Waals surface area (Å²) in [7, 11) is 0. The number of ether oxygens (including phenoxy) is 1. The van der Waals surface area contributed by atoms with Crippen LogP contribution in [0.4, 0.5) is 0 Å². The molecule has 29 heavy (non-hydrogen) atoms. The SMILES string of the molecule is O=C(O)CCCCOc1cccc2c1C(=O)C(CCC1CCC(=O)NC1=O)C2=O. The first-order chi connectivity index (χ1) is 13.9. The third-order valence-corrected chi connectivity index (χ3v) is 5.37. The quantitative estimate of drug-likeness (QED) is 0.369. The van der Waals surface area contributed by atoms with Gasteiger partial charge in [-0.3, -0.25) is 29.3 Å². The molecule has 2 N–H and O–H groups in total. The first-order valence-electron chi connectivity index (χ1n) is 9.78. The number of nitrogens with one attached hydrogen (secondary N) is 1. The van der Waals surface area contributed by atoms with Crippen LogP contribution in [-0.4, -0.2) is 41.1 Å². The zero-order chi connectivity index (χ0) is 21.0. The summed E-state index contributed by atoms with van der Waals surface area (Å²) in [6.45, 7) is 0.256. The maximum absolute atomic E-state index is 12.9. The number of fused-ring (bicyclic) bond motifs is 1. The largest absolute Gasteiger partial charge is 0.493 e. The van der Waals surface area contributed by atoms with Gasteiger partial charge in [0.05, 0.1) is 18.1 Å². The van der Waals surface area contributed by atoms with E-state index in [9.17, 15) is 24.0 Å². The van der Waals surface area contributed by atoms with Crippen LogP contribution in [0.2, 0.25) is 0 Å². The van der Waals surface area contributed by atoms with Crippen molar-refractivity contribution in [3.63, 3.8) is 0 Å². The van der Waals surface area contributed by atoms with Crippen LogP contribution in [-0.2, 0) is 14.4 Å². The number of carboxylic acids is 1. The molecule has 8 nitrogen and oxygen atoms in total. The standard InChI is InChI=1S/C21H23NO7/c23-16-10-8-12(21(28)22-16)7-9-14-19(26)13-4-3-5-15(18(13)20(14)27)29-11-2-1-6-17(24)25/h3-5,12,14H,1-2,6-11H2,(H,24,25)(H,22,23,28). The molecule has 0 saturated carbocycles. The molecule has 1 heterocycles. The van der Waals surface area contributed by atoms with Crippen molar-refractivity contribution in [2.24, 2.45) is 11.8 Å². The molecule has 0 aromatic heterocycles. The molecular formula is C21H23NO7. The summed E-state index contributed by atoms with van der Waals surface area (Å²) in [6, 6.07) is 4.88. The van der Waals surface area contributed by atoms with Crippen LogP contribution in [0.3, 0.4) is 0 Å². The molecule has 1 aromatic rings. The molecule has 154 valence electrons. The molecule has 0 spiro atoms. The van der Waals surface area contributed by atoms with E-state index in [1.165, 1.54) is 0 Å². The maximum atomic E-state index is 12.9. The summed E-state index contributed by atoms with van der Waals surface area (Å²) in [4.78, 5) is 59.3. The summed E-state index contributed by atoms with van der Waals surface area (Å²) < 4.78 is 5.65. The monoisotopic (exact) mass is 401 g/mol. The first kappa shape index (κ1) is 20.7. The number of hydrogen-bond acceptors (Lipinski definition) is 6. The summed E-state index contributed by atoms with van der Waals surface area (Å²) in [5.74, 6) is -2.97. The molecule has 2 aliphatic rings. The van der Waals surface area contributed by atoms with Gasteiger partial charge in [0.25, 0.3) is 0 Å². The van der Waals surface area contributed by atoms with E-state index in [1.807, 2.05) is 0 Å². The van der Waals surface area contributed by atoms with Crippen molar-refractivity contribution < 1.29 is 33.8 Å². The van der Waals surface area contributed by atoms with Gasteiger partial charge in [-0.1, -0.05) is 12.1 Å². The summed E-state index contributed by atoms with van der Waals surface area (Å²) >= 11 is 0. The van der Waals surface area contributed by atoms with Crippen LogP contribution >= 0.6 is 0 Å². The van der Waals surface area contributed by atoms with Gasteiger partial charge in [0, 0.05) is 24.3 Å². The van der Waals surface area contributed by atoms with Crippen molar-refractivity contribution in [3.8, 4) is 5.75 Å². The van der Waals surface area contributed by atoms with Crippen molar-refractivity contribution in [1.29, 1.82) is 0 Å². The topological polar surface area (TPSA) is 127 Å². The number of piperidine rings is 1. The zero-order valence-electron chi connectivity index (χ0n) is 15.9. The molecule has 0 bridgehead atoms. The van der Waals surface area contributed by atoms with Crippen LogP contribution in [0, 0.1) is 11.8 Å². The summed E-state index contributed by atoms with van der Waals surface area (Å²) in [5, 5.41) is 10.9. The number of amides is 2. The van der Waals surface area contributed by atoms with Crippen LogP contribution in [0.5, 0.6) is 5.75 Å². The first-order valence-corrected chi connectivity index (χ1v) is 9.78. The number of ketones is 2. The van der Waals surface area contributed by atoms with E-state index in [0.29, 0.717) is 37.0 Å². The highest BCUT2D eigenvalue weighted by Crippen LogP contribution is 2.36. The third kappa shape index (κ3) is 4.70. The van der Waals surface area contributed by atoms with Crippen molar-refractivity contribution in [1.82, 2.24) is 5.32 Å². The molecule has 0 radical (unpaired) electrons. The Labute approximate surface area is 167 Å². The number of Topliss-reactive ketones (excluding diaryl/α,β-unsaturated/α-hetero) is 2. The second-order valence-corrected chi connectivity index (χ2v) is 7.38. The summed E-state index contributed by atoms with van der Waals surface area (Å²) in [5.41, 5.74) is 0.593. The highest BCUT2D eigenvalue weighted by atomic mass is 16.5. The third-order valence-electron chi connectivity index (χ3n) is 5.37. The fraction of sp³-hybridized carbons (Fsp3) is 0.476. The van der Waals surface area contributed by atoms with Crippen LogP contribution in [0.25, 0.3) is 0 Å². The Hall–Kier alpha value is -3.03. The predicted octanol–water partition coefficient (Wildman–Crippen LogP) is 2.15. The van der Waals surface area contributed by atoms with Gasteiger partial charge in [0.15, 0.2) is 11.6 Å². The van der Waals surface area contributed by atoms with E-state index in [0.717, 1.165) is 0 Å². The number of carbonyl (C=O) groups excluding carboxylic acids is 4. The van der Waals surface area contributed by atoms with Gasteiger partial charge >= 0.3 is 5.97 Å². The number of unbranched alkanes of at least 4 members (excludes halogenated alkanes) is 1. The van der Waals surface area contributed by atoms with Crippen molar-refractivity contribution in [3.05, 3.63) is 29.3 Å². The molecular weight excluding hydrogens is 378 g/mol. The van der Waals surface area contributed by atoms with Gasteiger partial charge in [-0.05, 0) is 38.2 Å². The Bertz CT molecular complexity index is 861. The molecule has 1 fully saturated rings. The number of benzene rings is 1. The van der Waals surface area contributed by atoms with Crippen LogP contribution in [0.1, 0.15) is 65.7 Å². The molecule has 1 saturated heterocycles. The molecule has 1 aliphatic carbocycles. The highest BCUT2D eigenvalue weighted by molar-refractivity contribution is 6.27. The molecule has 1 aliphatic heterocycles. The minimum Gasteiger partial charge on any atom is -0.493 e. The van der Waals surface area contributed by atoms with Crippen molar-refractivity contribution >= 4 is 29.4 Å². The van der Waals surface area contributed by atoms with Crippen LogP contribution in [0.15, 0.2) is 18.2 Å². The van der Waals surface area contributed by atoms with E-state index >= 15 is 0 Å². The Balaban J connectivity index is 1.62. The second kappa shape index (κ2) is 8.98. The normalized spacial score (nSPS) is 21.1. The van der Waals surface area contributed by atoms with Crippen LogP contribution < -0.4 is 10.1 Å². The predicted molar refractivity (Wildman–Crippen MR) is 101 cm³/mol. The average molecular weight is 401 g/mol. The number of aliphatic carboxylic acids is 1. The van der Waals surface area contributed by atoms with Gasteiger partial charge < -0.3 is 9.84 Å². The lowest BCUT2D eigenvalue weighted by atomic mass is 9.88. The number of carboxylic acid groups (broad SMARTS) is 1. The zero-order valence-corrected chi connectivity index (χ0v) is 15.9. The molecule has 8 heteroatoms. The van der Waals surface area contributed by atoms with Gasteiger partial charge in [0.2, 0.25) is 11.8 Å². The lowest BCUT2D eigenvalue weighted by Gasteiger charge is -2.21. The Morgan fingerprint density at radius 2 is 1.90 bits per heavy atom. The van der Waals surface area contributed by atoms with E-state index in [2.05, 4.69) is 5.32 Å². The Kier molecular flexibility index (Phi) is 6.41.